The minimum Gasteiger partial charge on any atom is -0.341 e. The van der Waals surface area contributed by atoms with E-state index in [2.05, 4.69) is 24.3 Å². The summed E-state index contributed by atoms with van der Waals surface area (Å²) in [6.07, 6.45) is 2.45. The molecule has 0 spiro atoms. The average Bonchev–Trinajstić information content (AvgIpc) is 2.29. The molecule has 94 valence electrons. The van der Waals surface area contributed by atoms with Gasteiger partial charge in [-0.3, -0.25) is 4.79 Å². The van der Waals surface area contributed by atoms with Crippen LogP contribution in [-0.2, 0) is 11.3 Å². The monoisotopic (exact) mass is 252 g/mol. The van der Waals surface area contributed by atoms with Crippen molar-refractivity contribution in [3.63, 3.8) is 0 Å². The molecule has 1 aromatic rings. The lowest BCUT2D eigenvalue weighted by atomic mass is 10.2. The zero-order valence-electron chi connectivity index (χ0n) is 10.6. The van der Waals surface area contributed by atoms with Gasteiger partial charge in [-0.05, 0) is 30.9 Å². The summed E-state index contributed by atoms with van der Waals surface area (Å²) in [6, 6.07) is 8.18. The third-order valence-electron chi connectivity index (χ3n) is 2.50. The van der Waals surface area contributed by atoms with E-state index < -0.39 is 0 Å². The smallest absolute Gasteiger partial charge is 0.224 e. The van der Waals surface area contributed by atoms with Crippen LogP contribution in [0, 0.1) is 0 Å². The molecule has 0 bridgehead atoms. The molecule has 0 aromatic heterocycles. The van der Waals surface area contributed by atoms with Crippen molar-refractivity contribution in [3.8, 4) is 0 Å². The summed E-state index contributed by atoms with van der Waals surface area (Å²) in [5.74, 6) is 0.0916. The van der Waals surface area contributed by atoms with E-state index in [0.717, 1.165) is 5.56 Å². The fourth-order valence-electron chi connectivity index (χ4n) is 1.52. The molecule has 0 aliphatic carbocycles. The predicted octanol–water partition coefficient (Wildman–Crippen LogP) is 2.10. The number of hydrogen-bond acceptors (Lipinski definition) is 3. The molecule has 1 rings (SSSR count). The number of rotatable bonds is 5. The Morgan fingerprint density at radius 2 is 2.00 bits per heavy atom. The summed E-state index contributed by atoms with van der Waals surface area (Å²) in [4.78, 5) is 14.7. The second-order valence-electron chi connectivity index (χ2n) is 4.28. The molecule has 3 nitrogen and oxygen atoms in total. The molecule has 1 unspecified atom stereocenters. The Morgan fingerprint density at radius 3 is 2.47 bits per heavy atom. The average molecular weight is 252 g/mol. The zero-order valence-corrected chi connectivity index (χ0v) is 11.5. The van der Waals surface area contributed by atoms with Crippen LogP contribution in [0.4, 0.5) is 0 Å². The number of nitrogens with two attached hydrogens (primary N) is 1. The molecule has 0 fully saturated rings. The van der Waals surface area contributed by atoms with Crippen LogP contribution in [-0.4, -0.2) is 30.2 Å². The lowest BCUT2D eigenvalue weighted by Crippen LogP contribution is -2.31. The van der Waals surface area contributed by atoms with Gasteiger partial charge in [0.1, 0.15) is 0 Å². The van der Waals surface area contributed by atoms with Crippen LogP contribution in [0.1, 0.15) is 18.9 Å². The van der Waals surface area contributed by atoms with Gasteiger partial charge in [-0.2, -0.15) is 0 Å². The Kier molecular flexibility index (Phi) is 5.51. The van der Waals surface area contributed by atoms with Crippen molar-refractivity contribution in [1.82, 2.24) is 4.90 Å². The van der Waals surface area contributed by atoms with E-state index in [1.165, 1.54) is 4.90 Å². The van der Waals surface area contributed by atoms with Gasteiger partial charge in [0, 0.05) is 31.0 Å². The number of carbonyl (C=O) groups is 1. The number of nitrogens with zero attached hydrogens (tertiary/aromatic N) is 1. The van der Waals surface area contributed by atoms with E-state index in [0.29, 0.717) is 13.0 Å². The highest BCUT2D eigenvalue weighted by Gasteiger charge is 2.11. The normalized spacial score (nSPS) is 12.2. The largest absolute Gasteiger partial charge is 0.341 e. The van der Waals surface area contributed by atoms with Gasteiger partial charge in [0.15, 0.2) is 0 Å². The minimum atomic E-state index is -0.0798. The van der Waals surface area contributed by atoms with Crippen LogP contribution < -0.4 is 5.73 Å². The molecule has 1 amide bonds. The SMILES string of the molecule is CSc1ccc(CN(C)C(=O)CC(C)N)cc1. The van der Waals surface area contributed by atoms with Gasteiger partial charge >= 0.3 is 0 Å². The maximum Gasteiger partial charge on any atom is 0.224 e. The Balaban J connectivity index is 2.55. The van der Waals surface area contributed by atoms with Crippen LogP contribution in [0.25, 0.3) is 0 Å². The molecular weight excluding hydrogens is 232 g/mol. The van der Waals surface area contributed by atoms with Crippen LogP contribution in [0.15, 0.2) is 29.2 Å². The first-order valence-electron chi connectivity index (χ1n) is 5.65. The van der Waals surface area contributed by atoms with E-state index in [1.54, 1.807) is 16.7 Å². The molecule has 4 heteroatoms. The number of amides is 1. The Hall–Kier alpha value is -1.00. The molecule has 0 radical (unpaired) electrons. The van der Waals surface area contributed by atoms with Crippen molar-refractivity contribution in [2.75, 3.05) is 13.3 Å². The van der Waals surface area contributed by atoms with Crippen molar-refractivity contribution in [2.45, 2.75) is 30.8 Å². The van der Waals surface area contributed by atoms with Crippen LogP contribution in [0.3, 0.4) is 0 Å². The topological polar surface area (TPSA) is 46.3 Å². The summed E-state index contributed by atoms with van der Waals surface area (Å²) in [6.45, 7) is 2.49. The van der Waals surface area contributed by atoms with Crippen molar-refractivity contribution in [1.29, 1.82) is 0 Å². The maximum atomic E-state index is 11.7. The van der Waals surface area contributed by atoms with E-state index in [1.807, 2.05) is 20.2 Å². The van der Waals surface area contributed by atoms with Gasteiger partial charge in [0.25, 0.3) is 0 Å². The van der Waals surface area contributed by atoms with Crippen molar-refractivity contribution in [2.24, 2.45) is 5.73 Å². The maximum absolute atomic E-state index is 11.7. The Morgan fingerprint density at radius 1 is 1.41 bits per heavy atom. The second-order valence-corrected chi connectivity index (χ2v) is 5.16. The highest BCUT2D eigenvalue weighted by Crippen LogP contribution is 2.15. The summed E-state index contributed by atoms with van der Waals surface area (Å²) >= 11 is 1.71. The van der Waals surface area contributed by atoms with Gasteiger partial charge in [-0.1, -0.05) is 12.1 Å². The number of benzene rings is 1. The third-order valence-corrected chi connectivity index (χ3v) is 3.24. The Labute approximate surface area is 107 Å². The van der Waals surface area contributed by atoms with E-state index in [9.17, 15) is 4.79 Å². The van der Waals surface area contributed by atoms with E-state index in [-0.39, 0.29) is 11.9 Å². The number of carbonyl (C=O) groups excluding carboxylic acids is 1. The first kappa shape index (κ1) is 14.1. The standard InChI is InChI=1S/C13H20N2OS/c1-10(14)8-13(16)15(2)9-11-4-6-12(17-3)7-5-11/h4-7,10H,8-9,14H2,1-3H3. The van der Waals surface area contributed by atoms with Crippen LogP contribution in [0.2, 0.25) is 0 Å². The van der Waals surface area contributed by atoms with E-state index >= 15 is 0 Å². The molecule has 0 saturated heterocycles. The molecular formula is C13H20N2OS. The highest BCUT2D eigenvalue weighted by atomic mass is 32.2. The zero-order chi connectivity index (χ0) is 12.8. The number of thioether (sulfide) groups is 1. The van der Waals surface area contributed by atoms with Gasteiger partial charge in [0.2, 0.25) is 5.91 Å². The van der Waals surface area contributed by atoms with Gasteiger partial charge in [-0.25, -0.2) is 0 Å². The third kappa shape index (κ3) is 4.79. The second kappa shape index (κ2) is 6.67. The predicted molar refractivity (Wildman–Crippen MR) is 73.0 cm³/mol. The molecule has 2 N–H and O–H groups in total. The number of hydrogen-bond donors (Lipinski definition) is 1. The van der Waals surface area contributed by atoms with Crippen LogP contribution in [0.5, 0.6) is 0 Å². The molecule has 17 heavy (non-hydrogen) atoms. The first-order chi connectivity index (χ1) is 8.02. The first-order valence-corrected chi connectivity index (χ1v) is 6.88. The summed E-state index contributed by atoms with van der Waals surface area (Å²) in [5.41, 5.74) is 6.75. The summed E-state index contributed by atoms with van der Waals surface area (Å²) in [7, 11) is 1.81. The minimum absolute atomic E-state index is 0.0798. The van der Waals surface area contributed by atoms with Gasteiger partial charge in [-0.15, -0.1) is 11.8 Å². The van der Waals surface area contributed by atoms with Gasteiger partial charge in [0.05, 0.1) is 0 Å². The summed E-state index contributed by atoms with van der Waals surface area (Å²) < 4.78 is 0. The molecule has 0 heterocycles. The molecule has 1 aromatic carbocycles. The Bertz CT molecular complexity index is 362. The quantitative estimate of drug-likeness (QED) is 0.816. The fraction of sp³-hybridized carbons (Fsp3) is 0.462. The molecule has 0 aliphatic heterocycles. The van der Waals surface area contributed by atoms with Crippen molar-refractivity contribution >= 4 is 17.7 Å². The summed E-state index contributed by atoms with van der Waals surface area (Å²) in [5, 5.41) is 0. The lowest BCUT2D eigenvalue weighted by Gasteiger charge is -2.18. The molecule has 0 aliphatic rings. The molecule has 0 saturated carbocycles. The fourth-order valence-corrected chi connectivity index (χ4v) is 1.93. The van der Waals surface area contributed by atoms with Crippen molar-refractivity contribution < 1.29 is 4.79 Å². The lowest BCUT2D eigenvalue weighted by molar-refractivity contribution is -0.130. The van der Waals surface area contributed by atoms with Gasteiger partial charge < -0.3 is 10.6 Å². The van der Waals surface area contributed by atoms with Crippen LogP contribution >= 0.6 is 11.8 Å². The van der Waals surface area contributed by atoms with Crippen molar-refractivity contribution in [3.05, 3.63) is 29.8 Å². The highest BCUT2D eigenvalue weighted by molar-refractivity contribution is 7.98. The van der Waals surface area contributed by atoms with E-state index in [4.69, 9.17) is 5.73 Å². The molecule has 1 atom stereocenters.